The summed E-state index contributed by atoms with van der Waals surface area (Å²) in [4.78, 5) is 21.6. The smallest absolute Gasteiger partial charge is 0.310 e. The molecule has 0 fully saturated rings. The zero-order chi connectivity index (χ0) is 14.4. The maximum Gasteiger partial charge on any atom is 0.310 e. The van der Waals surface area contributed by atoms with Gasteiger partial charge in [0.25, 0.3) is 5.69 Å². The molecule has 0 atom stereocenters. The number of carbonyl (C=O) groups is 1. The number of hydrogen-bond donors (Lipinski definition) is 1. The molecule has 0 amide bonds. The first kappa shape index (κ1) is 14.6. The Morgan fingerprint density at radius 3 is 2.74 bits per heavy atom. The van der Waals surface area contributed by atoms with E-state index in [9.17, 15) is 20.0 Å². The van der Waals surface area contributed by atoms with E-state index in [1.165, 1.54) is 12.1 Å². The van der Waals surface area contributed by atoms with Crippen LogP contribution in [-0.2, 0) is 22.6 Å². The van der Waals surface area contributed by atoms with E-state index in [1.807, 2.05) is 0 Å². The number of carbonyl (C=O) groups excluding carboxylic acids is 1. The second kappa shape index (κ2) is 6.47. The van der Waals surface area contributed by atoms with E-state index in [0.717, 1.165) is 0 Å². The standard InChI is InChI=1S/C12H12N2O5/c1-2-19-11(16)5-8-3-4-9(6-13)12(14(17)18)10(8)7-15/h3-4,15H,2,5,7H2,1H3. The number of hydrogen-bond acceptors (Lipinski definition) is 6. The van der Waals surface area contributed by atoms with Gasteiger partial charge in [-0.25, -0.2) is 0 Å². The number of nitro benzene ring substituents is 1. The molecular formula is C12H12N2O5. The van der Waals surface area contributed by atoms with Crippen molar-refractivity contribution in [2.75, 3.05) is 6.61 Å². The van der Waals surface area contributed by atoms with Crippen LogP contribution in [0.3, 0.4) is 0 Å². The van der Waals surface area contributed by atoms with Gasteiger partial charge in [-0.2, -0.15) is 5.26 Å². The Bertz CT molecular complexity index is 548. The minimum absolute atomic E-state index is 0.0305. The number of rotatable bonds is 5. The van der Waals surface area contributed by atoms with Gasteiger partial charge in [0.05, 0.1) is 30.1 Å². The van der Waals surface area contributed by atoms with Gasteiger partial charge in [0.1, 0.15) is 11.6 Å². The van der Waals surface area contributed by atoms with Crippen LogP contribution in [0, 0.1) is 21.4 Å². The van der Waals surface area contributed by atoms with Crippen molar-refractivity contribution in [1.82, 2.24) is 0 Å². The highest BCUT2D eigenvalue weighted by Crippen LogP contribution is 2.27. The van der Waals surface area contributed by atoms with Crippen molar-refractivity contribution in [3.05, 3.63) is 38.9 Å². The molecule has 1 aromatic rings. The van der Waals surface area contributed by atoms with Gasteiger partial charge < -0.3 is 9.84 Å². The molecule has 0 heterocycles. The quantitative estimate of drug-likeness (QED) is 0.483. The third-order valence-corrected chi connectivity index (χ3v) is 2.48. The summed E-state index contributed by atoms with van der Waals surface area (Å²) in [7, 11) is 0. The Balaban J connectivity index is 3.28. The maximum atomic E-state index is 11.4. The van der Waals surface area contributed by atoms with Crippen molar-refractivity contribution >= 4 is 11.7 Å². The molecule has 0 unspecified atom stereocenters. The summed E-state index contributed by atoms with van der Waals surface area (Å²) >= 11 is 0. The zero-order valence-electron chi connectivity index (χ0n) is 10.3. The molecular weight excluding hydrogens is 252 g/mol. The normalized spacial score (nSPS) is 9.74. The van der Waals surface area contributed by atoms with Crippen molar-refractivity contribution in [3.63, 3.8) is 0 Å². The molecule has 0 aliphatic heterocycles. The summed E-state index contributed by atoms with van der Waals surface area (Å²) in [5, 5.41) is 29.0. The van der Waals surface area contributed by atoms with E-state index in [4.69, 9.17) is 10.00 Å². The summed E-state index contributed by atoms with van der Waals surface area (Å²) in [6.07, 6.45) is -0.184. The van der Waals surface area contributed by atoms with Crippen LogP contribution in [0.15, 0.2) is 12.1 Å². The number of aliphatic hydroxyl groups is 1. The molecule has 19 heavy (non-hydrogen) atoms. The second-order valence-corrected chi connectivity index (χ2v) is 3.61. The number of ether oxygens (including phenoxy) is 1. The molecule has 0 radical (unpaired) electrons. The van der Waals surface area contributed by atoms with Crippen molar-refractivity contribution < 1.29 is 19.6 Å². The fourth-order valence-corrected chi connectivity index (χ4v) is 1.69. The van der Waals surface area contributed by atoms with Gasteiger partial charge in [0.15, 0.2) is 0 Å². The first-order valence-electron chi connectivity index (χ1n) is 5.50. The minimum Gasteiger partial charge on any atom is -0.466 e. The SMILES string of the molecule is CCOC(=O)Cc1ccc(C#N)c([N+](=O)[O-])c1CO. The lowest BCUT2D eigenvalue weighted by atomic mass is 9.99. The lowest BCUT2D eigenvalue weighted by Crippen LogP contribution is -2.11. The predicted molar refractivity (Wildman–Crippen MR) is 64.1 cm³/mol. The first-order valence-corrected chi connectivity index (χ1v) is 5.50. The Labute approximate surface area is 109 Å². The highest BCUT2D eigenvalue weighted by molar-refractivity contribution is 5.74. The van der Waals surface area contributed by atoms with Crippen LogP contribution in [-0.4, -0.2) is 22.6 Å². The molecule has 1 aromatic carbocycles. The van der Waals surface area contributed by atoms with Crippen LogP contribution in [0.1, 0.15) is 23.6 Å². The monoisotopic (exact) mass is 264 g/mol. The average molecular weight is 264 g/mol. The van der Waals surface area contributed by atoms with Crippen LogP contribution in [0.2, 0.25) is 0 Å². The molecule has 7 heteroatoms. The van der Waals surface area contributed by atoms with Gasteiger partial charge in [-0.15, -0.1) is 0 Å². The first-order chi connectivity index (χ1) is 9.04. The molecule has 0 aromatic heterocycles. The summed E-state index contributed by atoms with van der Waals surface area (Å²) in [6, 6.07) is 4.35. The summed E-state index contributed by atoms with van der Waals surface area (Å²) in [6.45, 7) is 1.22. The lowest BCUT2D eigenvalue weighted by molar-refractivity contribution is -0.386. The molecule has 0 aliphatic carbocycles. The second-order valence-electron chi connectivity index (χ2n) is 3.61. The van der Waals surface area contributed by atoms with Crippen LogP contribution >= 0.6 is 0 Å². The van der Waals surface area contributed by atoms with Gasteiger partial charge in [0, 0.05) is 0 Å². The molecule has 1 rings (SSSR count). The third-order valence-electron chi connectivity index (χ3n) is 2.48. The van der Waals surface area contributed by atoms with Gasteiger partial charge >= 0.3 is 5.97 Å². The summed E-state index contributed by atoms with van der Waals surface area (Å²) in [5.41, 5.74) is -0.364. The molecule has 0 spiro atoms. The Morgan fingerprint density at radius 2 is 2.26 bits per heavy atom. The number of nitriles is 1. The topological polar surface area (TPSA) is 113 Å². The van der Waals surface area contributed by atoms with E-state index >= 15 is 0 Å². The molecule has 1 N–H and O–H groups in total. The zero-order valence-corrected chi connectivity index (χ0v) is 10.3. The van der Waals surface area contributed by atoms with Crippen LogP contribution < -0.4 is 0 Å². The van der Waals surface area contributed by atoms with E-state index in [-0.39, 0.29) is 29.7 Å². The molecule has 100 valence electrons. The van der Waals surface area contributed by atoms with Crippen molar-refractivity contribution in [3.8, 4) is 6.07 Å². The van der Waals surface area contributed by atoms with Gasteiger partial charge in [0.2, 0.25) is 0 Å². The molecule has 0 bridgehead atoms. The van der Waals surface area contributed by atoms with Crippen molar-refractivity contribution in [2.24, 2.45) is 0 Å². The number of esters is 1. The fraction of sp³-hybridized carbons (Fsp3) is 0.333. The number of aliphatic hydroxyl groups excluding tert-OH is 1. The van der Waals surface area contributed by atoms with E-state index < -0.39 is 23.2 Å². The third kappa shape index (κ3) is 3.26. The molecule has 0 saturated carbocycles. The van der Waals surface area contributed by atoms with E-state index in [1.54, 1.807) is 13.0 Å². The van der Waals surface area contributed by atoms with Crippen LogP contribution in [0.25, 0.3) is 0 Å². The number of nitrogens with zero attached hydrogens (tertiary/aromatic N) is 2. The molecule has 0 saturated heterocycles. The maximum absolute atomic E-state index is 11.4. The highest BCUT2D eigenvalue weighted by Gasteiger charge is 2.23. The predicted octanol–water partition coefficient (Wildman–Crippen LogP) is 1.06. The van der Waals surface area contributed by atoms with Crippen molar-refractivity contribution in [2.45, 2.75) is 20.0 Å². The van der Waals surface area contributed by atoms with Crippen LogP contribution in [0.5, 0.6) is 0 Å². The Kier molecular flexibility index (Phi) is 4.97. The summed E-state index contributed by atoms with van der Waals surface area (Å²) in [5.74, 6) is -0.545. The summed E-state index contributed by atoms with van der Waals surface area (Å²) < 4.78 is 4.75. The van der Waals surface area contributed by atoms with Crippen LogP contribution in [0.4, 0.5) is 5.69 Å². The van der Waals surface area contributed by atoms with Crippen molar-refractivity contribution in [1.29, 1.82) is 5.26 Å². The minimum atomic E-state index is -0.737. The van der Waals surface area contributed by atoms with Gasteiger partial charge in [-0.05, 0) is 18.6 Å². The number of benzene rings is 1. The Morgan fingerprint density at radius 1 is 1.58 bits per heavy atom. The lowest BCUT2D eigenvalue weighted by Gasteiger charge is -2.08. The molecule has 0 aliphatic rings. The largest absolute Gasteiger partial charge is 0.466 e. The van der Waals surface area contributed by atoms with Gasteiger partial charge in [-0.1, -0.05) is 6.07 Å². The highest BCUT2D eigenvalue weighted by atomic mass is 16.6. The molecule has 7 nitrogen and oxygen atoms in total. The van der Waals surface area contributed by atoms with E-state index in [2.05, 4.69) is 0 Å². The Hall–Kier alpha value is -2.46. The van der Waals surface area contributed by atoms with E-state index in [0.29, 0.717) is 0 Å². The number of nitro groups is 1. The fourth-order valence-electron chi connectivity index (χ4n) is 1.69. The van der Waals surface area contributed by atoms with Gasteiger partial charge in [-0.3, -0.25) is 14.9 Å². The average Bonchev–Trinajstić information content (AvgIpc) is 2.38.